The predicted molar refractivity (Wildman–Crippen MR) is 61.0 cm³/mol. The summed E-state index contributed by atoms with van der Waals surface area (Å²) in [5, 5.41) is 4.91. The van der Waals surface area contributed by atoms with Crippen LogP contribution >= 0.6 is 15.9 Å². The van der Waals surface area contributed by atoms with Crippen molar-refractivity contribution in [2.45, 2.75) is 19.4 Å². The third-order valence-corrected chi connectivity index (χ3v) is 3.01. The van der Waals surface area contributed by atoms with Crippen LogP contribution in [0.3, 0.4) is 0 Å². The summed E-state index contributed by atoms with van der Waals surface area (Å²) in [6.07, 6.45) is 1.10. The molecule has 1 aromatic carbocycles. The summed E-state index contributed by atoms with van der Waals surface area (Å²) >= 11 is 3.39. The molecule has 1 aliphatic heterocycles. The largest absolute Gasteiger partial charge is 0.391 e. The molecule has 0 aliphatic carbocycles. The van der Waals surface area contributed by atoms with Crippen molar-refractivity contribution in [1.29, 1.82) is 0 Å². The lowest BCUT2D eigenvalue weighted by Crippen LogP contribution is -2.09. The van der Waals surface area contributed by atoms with E-state index < -0.39 is 0 Å². The van der Waals surface area contributed by atoms with Crippen LogP contribution in [0.5, 0.6) is 0 Å². The monoisotopic (exact) mass is 253 g/mol. The van der Waals surface area contributed by atoms with E-state index in [2.05, 4.69) is 52.3 Å². The highest BCUT2D eigenvalue weighted by Crippen LogP contribution is 2.18. The van der Waals surface area contributed by atoms with Crippen molar-refractivity contribution in [3.05, 3.63) is 35.4 Å². The van der Waals surface area contributed by atoms with E-state index in [-0.39, 0.29) is 6.10 Å². The number of benzene rings is 1. The molecule has 0 unspecified atom stereocenters. The zero-order valence-electron chi connectivity index (χ0n) is 8.03. The topological polar surface area (TPSA) is 21.6 Å². The van der Waals surface area contributed by atoms with Crippen LogP contribution in [0.1, 0.15) is 17.5 Å². The Morgan fingerprint density at radius 3 is 2.71 bits per heavy atom. The summed E-state index contributed by atoms with van der Waals surface area (Å²) in [7, 11) is 0. The highest BCUT2D eigenvalue weighted by molar-refractivity contribution is 9.09. The molecule has 1 heterocycles. The molecule has 0 aromatic heterocycles. The lowest BCUT2D eigenvalue weighted by molar-refractivity contribution is 0.104. The van der Waals surface area contributed by atoms with Gasteiger partial charge in [-0.1, -0.05) is 50.9 Å². The number of hydrogen-bond acceptors (Lipinski definition) is 2. The third kappa shape index (κ3) is 1.98. The molecule has 0 radical (unpaired) electrons. The zero-order chi connectivity index (χ0) is 9.97. The van der Waals surface area contributed by atoms with Crippen molar-refractivity contribution in [2.75, 3.05) is 5.33 Å². The Morgan fingerprint density at radius 2 is 2.14 bits per heavy atom. The highest BCUT2D eigenvalue weighted by Gasteiger charge is 2.20. The predicted octanol–water partition coefficient (Wildman–Crippen LogP) is 2.88. The van der Waals surface area contributed by atoms with Crippen molar-refractivity contribution in [3.8, 4) is 0 Å². The summed E-state index contributed by atoms with van der Waals surface area (Å²) in [5.74, 6) is 0. The Hall–Kier alpha value is -0.830. The van der Waals surface area contributed by atoms with Crippen LogP contribution in [0.25, 0.3) is 0 Å². The summed E-state index contributed by atoms with van der Waals surface area (Å²) in [5.41, 5.74) is 3.49. The SMILES string of the molecule is Cc1ccc(C2=NO[C@@H](CBr)C2)cc1. The van der Waals surface area contributed by atoms with Crippen LogP contribution in [0, 0.1) is 6.92 Å². The number of halogens is 1. The fourth-order valence-corrected chi connectivity index (χ4v) is 1.77. The van der Waals surface area contributed by atoms with Crippen molar-refractivity contribution in [2.24, 2.45) is 5.16 Å². The van der Waals surface area contributed by atoms with Crippen LogP contribution in [-0.2, 0) is 4.84 Å². The molecule has 2 rings (SSSR count). The van der Waals surface area contributed by atoms with Crippen LogP contribution in [0.2, 0.25) is 0 Å². The number of hydrogen-bond donors (Lipinski definition) is 0. The van der Waals surface area contributed by atoms with Gasteiger partial charge in [-0.3, -0.25) is 0 Å². The molecule has 0 spiro atoms. The number of aryl methyl sites for hydroxylation is 1. The summed E-state index contributed by atoms with van der Waals surface area (Å²) in [6.45, 7) is 2.08. The van der Waals surface area contributed by atoms with E-state index in [1.807, 2.05) is 0 Å². The standard InChI is InChI=1S/C11H12BrNO/c1-8-2-4-9(5-3-8)11-6-10(7-12)14-13-11/h2-5,10H,6-7H2,1H3/t10-/m1/s1. The Morgan fingerprint density at radius 1 is 1.43 bits per heavy atom. The maximum atomic E-state index is 5.24. The van der Waals surface area contributed by atoms with Gasteiger partial charge in [0.25, 0.3) is 0 Å². The molecule has 1 aliphatic rings. The van der Waals surface area contributed by atoms with E-state index >= 15 is 0 Å². The van der Waals surface area contributed by atoms with Gasteiger partial charge in [-0.25, -0.2) is 0 Å². The lowest BCUT2D eigenvalue weighted by Gasteiger charge is -2.01. The molecule has 0 amide bonds. The van der Waals surface area contributed by atoms with Crippen molar-refractivity contribution in [1.82, 2.24) is 0 Å². The molecule has 0 saturated heterocycles. The van der Waals surface area contributed by atoms with E-state index in [0.29, 0.717) is 0 Å². The molecular formula is C11H12BrNO. The molecule has 74 valence electrons. The summed E-state index contributed by atoms with van der Waals surface area (Å²) in [6, 6.07) is 8.38. The van der Waals surface area contributed by atoms with Gasteiger partial charge in [0, 0.05) is 11.8 Å². The Balaban J connectivity index is 2.13. The molecule has 1 aromatic rings. The Labute approximate surface area is 92.1 Å². The third-order valence-electron chi connectivity index (χ3n) is 2.29. The van der Waals surface area contributed by atoms with E-state index in [4.69, 9.17) is 4.84 Å². The second-order valence-corrected chi connectivity index (χ2v) is 4.14. The van der Waals surface area contributed by atoms with Gasteiger partial charge in [0.2, 0.25) is 0 Å². The van der Waals surface area contributed by atoms with Gasteiger partial charge in [0.05, 0.1) is 5.71 Å². The van der Waals surface area contributed by atoms with Crippen LogP contribution in [0.15, 0.2) is 29.4 Å². The maximum absolute atomic E-state index is 5.24. The molecule has 1 atom stereocenters. The maximum Gasteiger partial charge on any atom is 0.142 e. The molecule has 3 heteroatoms. The van der Waals surface area contributed by atoms with E-state index in [1.165, 1.54) is 11.1 Å². The fourth-order valence-electron chi connectivity index (χ4n) is 1.43. The van der Waals surface area contributed by atoms with Gasteiger partial charge in [-0.2, -0.15) is 0 Å². The first kappa shape index (κ1) is 9.71. The normalized spacial score (nSPS) is 20.4. The van der Waals surface area contributed by atoms with Gasteiger partial charge in [0.15, 0.2) is 0 Å². The van der Waals surface area contributed by atoms with Crippen molar-refractivity contribution >= 4 is 21.6 Å². The Bertz CT molecular complexity index is 345. The summed E-state index contributed by atoms with van der Waals surface area (Å²) < 4.78 is 0. The average molecular weight is 254 g/mol. The number of nitrogens with zero attached hydrogens (tertiary/aromatic N) is 1. The summed E-state index contributed by atoms with van der Waals surface area (Å²) in [4.78, 5) is 5.24. The average Bonchev–Trinajstić information content (AvgIpc) is 2.67. The quantitative estimate of drug-likeness (QED) is 0.743. The molecule has 14 heavy (non-hydrogen) atoms. The number of rotatable bonds is 2. The van der Waals surface area contributed by atoms with Crippen molar-refractivity contribution < 1.29 is 4.84 Å². The van der Waals surface area contributed by atoms with Crippen LogP contribution < -0.4 is 0 Å². The van der Waals surface area contributed by atoms with Gasteiger partial charge >= 0.3 is 0 Å². The minimum atomic E-state index is 0.200. The van der Waals surface area contributed by atoms with E-state index in [9.17, 15) is 0 Å². The zero-order valence-corrected chi connectivity index (χ0v) is 9.62. The molecule has 0 saturated carbocycles. The van der Waals surface area contributed by atoms with Crippen LogP contribution in [0.4, 0.5) is 0 Å². The lowest BCUT2D eigenvalue weighted by atomic mass is 10.0. The fraction of sp³-hybridized carbons (Fsp3) is 0.364. The number of alkyl halides is 1. The van der Waals surface area contributed by atoms with Crippen molar-refractivity contribution in [3.63, 3.8) is 0 Å². The second-order valence-electron chi connectivity index (χ2n) is 3.49. The van der Waals surface area contributed by atoms with Crippen LogP contribution in [-0.4, -0.2) is 17.1 Å². The smallest absolute Gasteiger partial charge is 0.142 e. The van der Waals surface area contributed by atoms with E-state index in [0.717, 1.165) is 17.5 Å². The van der Waals surface area contributed by atoms with Gasteiger partial charge in [-0.05, 0) is 12.5 Å². The van der Waals surface area contributed by atoms with E-state index in [1.54, 1.807) is 0 Å². The molecular weight excluding hydrogens is 242 g/mol. The molecule has 0 bridgehead atoms. The first-order chi connectivity index (χ1) is 6.79. The first-order valence-electron chi connectivity index (χ1n) is 4.65. The minimum Gasteiger partial charge on any atom is -0.391 e. The molecule has 0 fully saturated rings. The second kappa shape index (κ2) is 4.13. The molecule has 2 nitrogen and oxygen atoms in total. The van der Waals surface area contributed by atoms with Gasteiger partial charge < -0.3 is 4.84 Å². The van der Waals surface area contributed by atoms with Gasteiger partial charge in [-0.15, -0.1) is 0 Å². The Kier molecular flexibility index (Phi) is 2.87. The molecule has 0 N–H and O–H groups in total. The van der Waals surface area contributed by atoms with Gasteiger partial charge in [0.1, 0.15) is 6.10 Å². The number of oxime groups is 1. The highest BCUT2D eigenvalue weighted by atomic mass is 79.9. The first-order valence-corrected chi connectivity index (χ1v) is 5.77. The minimum absolute atomic E-state index is 0.200.